The Bertz CT molecular complexity index is 408. The van der Waals surface area contributed by atoms with Crippen molar-refractivity contribution in [2.24, 2.45) is 5.92 Å². The van der Waals surface area contributed by atoms with E-state index in [2.05, 4.69) is 5.32 Å². The summed E-state index contributed by atoms with van der Waals surface area (Å²) in [5.74, 6) is -1.31. The second-order valence-electron chi connectivity index (χ2n) is 5.04. The molecule has 106 valence electrons. The van der Waals surface area contributed by atoms with Crippen molar-refractivity contribution in [3.05, 3.63) is 35.4 Å². The molecule has 5 heteroatoms. The Labute approximate surface area is 111 Å². The summed E-state index contributed by atoms with van der Waals surface area (Å²) in [5.41, 5.74) is -0.298. The Kier molecular flexibility index (Phi) is 4.85. The summed E-state index contributed by atoms with van der Waals surface area (Å²) in [5, 5.41) is 22.2. The van der Waals surface area contributed by atoms with Crippen molar-refractivity contribution < 1.29 is 19.0 Å². The summed E-state index contributed by atoms with van der Waals surface area (Å²) < 4.78 is 27.0. The van der Waals surface area contributed by atoms with Crippen molar-refractivity contribution in [2.45, 2.75) is 31.4 Å². The number of hydrogen-bond acceptors (Lipinski definition) is 3. The van der Waals surface area contributed by atoms with Crippen LogP contribution >= 0.6 is 0 Å². The Hall–Kier alpha value is -1.04. The van der Waals surface area contributed by atoms with Gasteiger partial charge in [-0.3, -0.25) is 0 Å². The number of aliphatic hydroxyl groups is 2. The van der Waals surface area contributed by atoms with Crippen LogP contribution in [0.15, 0.2) is 18.2 Å². The maximum absolute atomic E-state index is 13.5. The zero-order chi connectivity index (χ0) is 13.8. The van der Waals surface area contributed by atoms with Gasteiger partial charge in [-0.25, -0.2) is 8.78 Å². The number of benzene rings is 1. The van der Waals surface area contributed by atoms with E-state index in [1.807, 2.05) is 0 Å². The van der Waals surface area contributed by atoms with Gasteiger partial charge in [0.1, 0.15) is 11.6 Å². The molecular formula is C14H19F2NO2. The lowest BCUT2D eigenvalue weighted by molar-refractivity contribution is 0.148. The van der Waals surface area contributed by atoms with Crippen LogP contribution in [0.1, 0.15) is 30.9 Å². The van der Waals surface area contributed by atoms with Gasteiger partial charge in [-0.1, -0.05) is 12.5 Å². The van der Waals surface area contributed by atoms with E-state index in [1.54, 1.807) is 0 Å². The molecule has 1 saturated carbocycles. The van der Waals surface area contributed by atoms with Crippen LogP contribution in [0.4, 0.5) is 8.78 Å². The maximum atomic E-state index is 13.5. The highest BCUT2D eigenvalue weighted by Crippen LogP contribution is 2.26. The van der Waals surface area contributed by atoms with Gasteiger partial charge in [0.15, 0.2) is 0 Å². The van der Waals surface area contributed by atoms with E-state index >= 15 is 0 Å². The fraction of sp³-hybridized carbons (Fsp3) is 0.571. The van der Waals surface area contributed by atoms with Gasteiger partial charge in [0.2, 0.25) is 0 Å². The smallest absolute Gasteiger partial charge is 0.131 e. The van der Waals surface area contributed by atoms with Crippen LogP contribution in [-0.2, 0) is 0 Å². The fourth-order valence-corrected chi connectivity index (χ4v) is 2.72. The van der Waals surface area contributed by atoms with Crippen molar-refractivity contribution in [3.63, 3.8) is 0 Å². The van der Waals surface area contributed by atoms with Crippen molar-refractivity contribution in [3.8, 4) is 0 Å². The average molecular weight is 271 g/mol. The predicted molar refractivity (Wildman–Crippen MR) is 67.5 cm³/mol. The van der Waals surface area contributed by atoms with E-state index in [9.17, 15) is 19.0 Å². The molecule has 0 amide bonds. The summed E-state index contributed by atoms with van der Waals surface area (Å²) in [6.07, 6.45) is 1.66. The summed E-state index contributed by atoms with van der Waals surface area (Å²) in [6.45, 7) is 0.181. The molecule has 3 atom stereocenters. The summed E-state index contributed by atoms with van der Waals surface area (Å²) in [6, 6.07) is 3.64. The number of rotatable bonds is 5. The van der Waals surface area contributed by atoms with Gasteiger partial charge in [-0.2, -0.15) is 0 Å². The van der Waals surface area contributed by atoms with Gasteiger partial charge in [0, 0.05) is 19.2 Å². The molecule has 3 nitrogen and oxygen atoms in total. The van der Waals surface area contributed by atoms with Crippen LogP contribution < -0.4 is 5.32 Å². The fourth-order valence-electron chi connectivity index (χ4n) is 2.72. The molecule has 1 aromatic rings. The van der Waals surface area contributed by atoms with E-state index < -0.39 is 17.7 Å². The molecule has 3 N–H and O–H groups in total. The molecule has 2 rings (SSSR count). The Morgan fingerprint density at radius 3 is 2.58 bits per heavy atom. The minimum absolute atomic E-state index is 0.0824. The molecule has 3 unspecified atom stereocenters. The quantitative estimate of drug-likeness (QED) is 0.764. The topological polar surface area (TPSA) is 52.5 Å². The predicted octanol–water partition coefficient (Wildman–Crippen LogP) is 1.75. The average Bonchev–Trinajstić information content (AvgIpc) is 2.83. The Morgan fingerprint density at radius 2 is 1.95 bits per heavy atom. The molecule has 1 aliphatic carbocycles. The van der Waals surface area contributed by atoms with Crippen LogP contribution in [0.2, 0.25) is 0 Å². The minimum Gasteiger partial charge on any atom is -0.396 e. The van der Waals surface area contributed by atoms with E-state index in [1.165, 1.54) is 6.07 Å². The molecular weight excluding hydrogens is 252 g/mol. The van der Waals surface area contributed by atoms with Crippen LogP contribution in [-0.4, -0.2) is 29.4 Å². The van der Waals surface area contributed by atoms with E-state index in [-0.39, 0.29) is 30.7 Å². The minimum atomic E-state index is -1.22. The van der Waals surface area contributed by atoms with Gasteiger partial charge in [-0.15, -0.1) is 0 Å². The lowest BCUT2D eigenvalue weighted by Gasteiger charge is -2.21. The maximum Gasteiger partial charge on any atom is 0.131 e. The van der Waals surface area contributed by atoms with Gasteiger partial charge >= 0.3 is 0 Å². The molecule has 0 heterocycles. The summed E-state index contributed by atoms with van der Waals surface area (Å²) in [7, 11) is 0. The number of aliphatic hydroxyl groups excluding tert-OH is 2. The number of nitrogens with one attached hydrogen (secondary N) is 1. The van der Waals surface area contributed by atoms with Gasteiger partial charge in [-0.05, 0) is 30.9 Å². The van der Waals surface area contributed by atoms with E-state index in [0.717, 1.165) is 31.4 Å². The molecule has 0 spiro atoms. The zero-order valence-electron chi connectivity index (χ0n) is 10.6. The van der Waals surface area contributed by atoms with Crippen molar-refractivity contribution in [1.29, 1.82) is 0 Å². The molecule has 1 fully saturated rings. The standard InChI is InChI=1S/C14H19F2NO2/c15-10-4-2-5-11(16)14(10)13(19)7-17-12-6-1-3-9(12)8-18/h2,4-5,9,12-13,17-19H,1,3,6-8H2. The van der Waals surface area contributed by atoms with Gasteiger partial charge < -0.3 is 15.5 Å². The zero-order valence-corrected chi connectivity index (χ0v) is 10.6. The first-order valence-electron chi connectivity index (χ1n) is 6.59. The van der Waals surface area contributed by atoms with Crippen molar-refractivity contribution >= 4 is 0 Å². The molecule has 0 saturated heterocycles. The van der Waals surface area contributed by atoms with Gasteiger partial charge in [0.05, 0.1) is 11.7 Å². The Morgan fingerprint density at radius 1 is 1.26 bits per heavy atom. The molecule has 0 aromatic heterocycles. The Balaban J connectivity index is 1.96. The SMILES string of the molecule is OCC1CCCC1NCC(O)c1c(F)cccc1F. The first kappa shape index (κ1) is 14.4. The molecule has 0 radical (unpaired) electrons. The highest BCUT2D eigenvalue weighted by atomic mass is 19.1. The second-order valence-corrected chi connectivity index (χ2v) is 5.04. The molecule has 19 heavy (non-hydrogen) atoms. The summed E-state index contributed by atoms with van der Waals surface area (Å²) in [4.78, 5) is 0. The summed E-state index contributed by atoms with van der Waals surface area (Å²) >= 11 is 0. The highest BCUT2D eigenvalue weighted by Gasteiger charge is 2.27. The number of hydrogen-bond donors (Lipinski definition) is 3. The van der Waals surface area contributed by atoms with Gasteiger partial charge in [0.25, 0.3) is 0 Å². The molecule has 1 aliphatic rings. The highest BCUT2D eigenvalue weighted by molar-refractivity contribution is 5.22. The normalized spacial score (nSPS) is 24.6. The third-order valence-corrected chi connectivity index (χ3v) is 3.80. The first-order chi connectivity index (χ1) is 9.13. The van der Waals surface area contributed by atoms with Crippen molar-refractivity contribution in [2.75, 3.05) is 13.2 Å². The third kappa shape index (κ3) is 3.29. The van der Waals surface area contributed by atoms with Crippen LogP contribution in [0, 0.1) is 17.6 Å². The lowest BCUT2D eigenvalue weighted by atomic mass is 10.0. The molecule has 0 aliphatic heterocycles. The van der Waals surface area contributed by atoms with E-state index in [0.29, 0.717) is 0 Å². The monoisotopic (exact) mass is 271 g/mol. The third-order valence-electron chi connectivity index (χ3n) is 3.80. The lowest BCUT2D eigenvalue weighted by Crippen LogP contribution is -2.37. The van der Waals surface area contributed by atoms with E-state index in [4.69, 9.17) is 0 Å². The van der Waals surface area contributed by atoms with Crippen LogP contribution in [0.25, 0.3) is 0 Å². The second kappa shape index (κ2) is 6.41. The first-order valence-corrected chi connectivity index (χ1v) is 6.59. The van der Waals surface area contributed by atoms with Crippen LogP contribution in [0.5, 0.6) is 0 Å². The van der Waals surface area contributed by atoms with Crippen LogP contribution in [0.3, 0.4) is 0 Å². The number of halogens is 2. The largest absolute Gasteiger partial charge is 0.396 e. The molecule has 0 bridgehead atoms. The molecule has 1 aromatic carbocycles. The van der Waals surface area contributed by atoms with Crippen molar-refractivity contribution in [1.82, 2.24) is 5.32 Å².